The second kappa shape index (κ2) is 7.26. The number of carbonyl (C=O) groups excluding carboxylic acids is 2. The maximum Gasteiger partial charge on any atom is 0.338 e. The molecule has 2 aromatic carbocycles. The van der Waals surface area contributed by atoms with Crippen molar-refractivity contribution in [3.63, 3.8) is 0 Å². The minimum atomic E-state index is -0.617. The number of amides is 1. The largest absolute Gasteiger partial charge is 0.459 e. The lowest BCUT2D eigenvalue weighted by Crippen LogP contribution is -2.12. The topological polar surface area (TPSA) is 98.1 Å². The average molecular weight is 405 g/mol. The number of aromatic amines is 1. The summed E-state index contributed by atoms with van der Waals surface area (Å²) in [6.45, 7) is 5.22. The number of aromatic nitrogens is 2. The number of benzene rings is 2. The number of nitrogens with one attached hydrogen (secondary N) is 1. The molecule has 6 nitrogen and oxygen atoms in total. The number of rotatable bonds is 4. The molecule has 0 radical (unpaired) electrons. The van der Waals surface area contributed by atoms with E-state index >= 15 is 0 Å². The highest BCUT2D eigenvalue weighted by Crippen LogP contribution is 2.31. The lowest BCUT2D eigenvalue weighted by Gasteiger charge is -2.07. The third-order valence-electron chi connectivity index (χ3n) is 4.85. The van der Waals surface area contributed by atoms with Crippen LogP contribution in [0.1, 0.15) is 40.1 Å². The van der Waals surface area contributed by atoms with Crippen LogP contribution in [0.3, 0.4) is 0 Å². The minimum absolute atomic E-state index is 0.235. The first-order chi connectivity index (χ1) is 14.2. The molecule has 30 heavy (non-hydrogen) atoms. The quantitative estimate of drug-likeness (QED) is 0.489. The standard InChI is InChI=1S/C23H20FN3O3/c1-11(2)30-23(29)14-4-6-15-19(9-14)27-21-16(22(25)28)10-18(26-20(15)21)13-5-7-17(24)12(3)8-13/h4-11,27H,1-3H3,(H2,25,28). The Hall–Kier alpha value is -3.74. The van der Waals surface area contributed by atoms with Crippen molar-refractivity contribution in [1.82, 2.24) is 9.97 Å². The molecular formula is C23H20FN3O3. The zero-order valence-electron chi connectivity index (χ0n) is 16.7. The molecule has 152 valence electrons. The molecule has 0 fully saturated rings. The molecule has 0 atom stereocenters. The maximum atomic E-state index is 13.7. The van der Waals surface area contributed by atoms with Crippen LogP contribution in [0.4, 0.5) is 4.39 Å². The van der Waals surface area contributed by atoms with E-state index in [1.165, 1.54) is 6.07 Å². The van der Waals surface area contributed by atoms with Crippen molar-refractivity contribution in [3.8, 4) is 11.3 Å². The van der Waals surface area contributed by atoms with Gasteiger partial charge in [0, 0.05) is 16.5 Å². The normalized spacial score (nSPS) is 11.4. The van der Waals surface area contributed by atoms with Gasteiger partial charge in [0.2, 0.25) is 0 Å². The predicted molar refractivity (Wildman–Crippen MR) is 113 cm³/mol. The van der Waals surface area contributed by atoms with Crippen molar-refractivity contribution >= 4 is 33.8 Å². The number of halogens is 1. The number of nitrogens with zero attached hydrogens (tertiary/aromatic N) is 1. The molecule has 0 aliphatic carbocycles. The molecule has 7 heteroatoms. The van der Waals surface area contributed by atoms with Crippen LogP contribution in [-0.2, 0) is 4.74 Å². The molecule has 0 aliphatic rings. The van der Waals surface area contributed by atoms with Crippen LogP contribution >= 0.6 is 0 Å². The lowest BCUT2D eigenvalue weighted by molar-refractivity contribution is 0.0378. The summed E-state index contributed by atoms with van der Waals surface area (Å²) in [5.41, 5.74) is 9.57. The summed E-state index contributed by atoms with van der Waals surface area (Å²) >= 11 is 0. The molecule has 0 saturated carbocycles. The zero-order valence-corrected chi connectivity index (χ0v) is 16.7. The van der Waals surface area contributed by atoms with Crippen LogP contribution in [0.2, 0.25) is 0 Å². The fourth-order valence-electron chi connectivity index (χ4n) is 3.41. The van der Waals surface area contributed by atoms with Gasteiger partial charge in [0.05, 0.1) is 34.0 Å². The van der Waals surface area contributed by atoms with Gasteiger partial charge in [-0.2, -0.15) is 0 Å². The SMILES string of the molecule is Cc1cc(-c2cc(C(N)=O)c3[nH]c4cc(C(=O)OC(C)C)ccc4c3n2)ccc1F. The van der Waals surface area contributed by atoms with Crippen LogP contribution in [0.25, 0.3) is 33.2 Å². The van der Waals surface area contributed by atoms with E-state index in [0.29, 0.717) is 38.9 Å². The van der Waals surface area contributed by atoms with Crippen molar-refractivity contribution in [1.29, 1.82) is 0 Å². The molecule has 2 aromatic heterocycles. The summed E-state index contributed by atoms with van der Waals surface area (Å²) in [6, 6.07) is 11.3. The fourth-order valence-corrected chi connectivity index (χ4v) is 3.41. The van der Waals surface area contributed by atoms with E-state index < -0.39 is 11.9 Å². The smallest absolute Gasteiger partial charge is 0.338 e. The number of ether oxygens (including phenoxy) is 1. The van der Waals surface area contributed by atoms with E-state index in [4.69, 9.17) is 15.5 Å². The molecule has 4 rings (SSSR count). The van der Waals surface area contributed by atoms with Gasteiger partial charge >= 0.3 is 5.97 Å². The van der Waals surface area contributed by atoms with Gasteiger partial charge in [0.1, 0.15) is 5.82 Å². The van der Waals surface area contributed by atoms with Crippen molar-refractivity contribution in [2.75, 3.05) is 0 Å². The van der Waals surface area contributed by atoms with Crippen molar-refractivity contribution < 1.29 is 18.7 Å². The van der Waals surface area contributed by atoms with E-state index in [1.54, 1.807) is 57.2 Å². The van der Waals surface area contributed by atoms with Crippen LogP contribution in [0.15, 0.2) is 42.5 Å². The van der Waals surface area contributed by atoms with E-state index in [-0.39, 0.29) is 17.5 Å². The molecular weight excluding hydrogens is 385 g/mol. The molecule has 0 unspecified atom stereocenters. The number of primary amides is 1. The van der Waals surface area contributed by atoms with Crippen LogP contribution in [0, 0.1) is 12.7 Å². The van der Waals surface area contributed by atoms with E-state index in [2.05, 4.69) is 4.98 Å². The number of nitrogens with two attached hydrogens (primary N) is 1. The minimum Gasteiger partial charge on any atom is -0.459 e. The molecule has 0 spiro atoms. The Morgan fingerprint density at radius 2 is 1.90 bits per heavy atom. The first-order valence-corrected chi connectivity index (χ1v) is 9.48. The Morgan fingerprint density at radius 3 is 2.57 bits per heavy atom. The highest BCUT2D eigenvalue weighted by molar-refractivity contribution is 6.14. The molecule has 0 aliphatic heterocycles. The number of fused-ring (bicyclic) bond motifs is 3. The van der Waals surface area contributed by atoms with Gasteiger partial charge in [-0.3, -0.25) is 4.79 Å². The van der Waals surface area contributed by atoms with Crippen molar-refractivity contribution in [2.45, 2.75) is 26.9 Å². The Balaban J connectivity index is 1.93. The number of esters is 1. The van der Waals surface area contributed by atoms with Gasteiger partial charge in [-0.1, -0.05) is 0 Å². The van der Waals surface area contributed by atoms with Gasteiger partial charge in [-0.25, -0.2) is 14.2 Å². The number of H-pyrrole nitrogens is 1. The predicted octanol–water partition coefficient (Wildman–Crippen LogP) is 4.49. The van der Waals surface area contributed by atoms with Gasteiger partial charge in [-0.15, -0.1) is 0 Å². The number of carbonyl (C=O) groups is 2. The van der Waals surface area contributed by atoms with Crippen molar-refractivity contribution in [2.24, 2.45) is 5.73 Å². The van der Waals surface area contributed by atoms with E-state index in [9.17, 15) is 14.0 Å². The maximum absolute atomic E-state index is 13.7. The first kappa shape index (κ1) is 19.6. The van der Waals surface area contributed by atoms with E-state index in [0.717, 1.165) is 5.39 Å². The van der Waals surface area contributed by atoms with Crippen LogP contribution < -0.4 is 5.73 Å². The van der Waals surface area contributed by atoms with E-state index in [1.807, 2.05) is 0 Å². The molecule has 0 bridgehead atoms. The Morgan fingerprint density at radius 1 is 1.13 bits per heavy atom. The summed E-state index contributed by atoms with van der Waals surface area (Å²) in [4.78, 5) is 32.2. The molecule has 0 saturated heterocycles. The van der Waals surface area contributed by atoms with Crippen molar-refractivity contribution in [3.05, 3.63) is 65.0 Å². The average Bonchev–Trinajstić information content (AvgIpc) is 3.06. The summed E-state index contributed by atoms with van der Waals surface area (Å²) in [6.07, 6.45) is -0.235. The van der Waals surface area contributed by atoms with Crippen LogP contribution in [-0.4, -0.2) is 27.9 Å². The Kier molecular flexibility index (Phi) is 4.73. The summed E-state index contributed by atoms with van der Waals surface area (Å²) in [5.74, 6) is -1.37. The molecule has 2 heterocycles. The number of hydrogen-bond donors (Lipinski definition) is 2. The summed E-state index contributed by atoms with van der Waals surface area (Å²) in [5, 5.41) is 0.731. The van der Waals surface area contributed by atoms with Crippen LogP contribution in [0.5, 0.6) is 0 Å². The summed E-state index contributed by atoms with van der Waals surface area (Å²) in [7, 11) is 0. The number of hydrogen-bond acceptors (Lipinski definition) is 4. The third kappa shape index (κ3) is 3.39. The second-order valence-corrected chi connectivity index (χ2v) is 7.45. The van der Waals surface area contributed by atoms with Gasteiger partial charge in [-0.05, 0) is 68.8 Å². The highest BCUT2D eigenvalue weighted by Gasteiger charge is 2.18. The second-order valence-electron chi connectivity index (χ2n) is 7.45. The van der Waals surface area contributed by atoms with Gasteiger partial charge in [0.25, 0.3) is 5.91 Å². The first-order valence-electron chi connectivity index (χ1n) is 9.48. The zero-order chi connectivity index (χ0) is 21.6. The monoisotopic (exact) mass is 405 g/mol. The highest BCUT2D eigenvalue weighted by atomic mass is 19.1. The third-order valence-corrected chi connectivity index (χ3v) is 4.85. The fraction of sp³-hybridized carbons (Fsp3) is 0.174. The Bertz CT molecular complexity index is 1320. The number of pyridine rings is 1. The molecule has 1 amide bonds. The number of aryl methyl sites for hydroxylation is 1. The van der Waals surface area contributed by atoms with Gasteiger partial charge < -0.3 is 15.5 Å². The summed E-state index contributed by atoms with van der Waals surface area (Å²) < 4.78 is 18.9. The lowest BCUT2D eigenvalue weighted by atomic mass is 10.0. The molecule has 4 aromatic rings. The molecule has 3 N–H and O–H groups in total. The Labute approximate surface area is 171 Å². The van der Waals surface area contributed by atoms with Gasteiger partial charge in [0.15, 0.2) is 0 Å².